The van der Waals surface area contributed by atoms with Gasteiger partial charge in [-0.2, -0.15) is 0 Å². The van der Waals surface area contributed by atoms with Crippen molar-refractivity contribution in [2.24, 2.45) is 39.9 Å². The third-order valence-corrected chi connectivity index (χ3v) is 9.69. The van der Waals surface area contributed by atoms with E-state index in [1.165, 1.54) is 13.8 Å². The summed E-state index contributed by atoms with van der Waals surface area (Å²) in [6.45, 7) is 9.63. The normalized spacial score (nSPS) is 15.4. The summed E-state index contributed by atoms with van der Waals surface area (Å²) >= 11 is 0. The Bertz CT molecular complexity index is 1590. The lowest BCUT2D eigenvalue weighted by molar-refractivity contribution is -0.143. The highest BCUT2D eigenvalue weighted by Crippen LogP contribution is 2.14. The number of rotatable bonds is 30. The van der Waals surface area contributed by atoms with Crippen molar-refractivity contribution in [1.29, 1.82) is 0 Å². The highest BCUT2D eigenvalue weighted by Gasteiger charge is 2.37. The fraction of sp³-hybridized carbons (Fsp3) is 0.703. The Morgan fingerprint density at radius 3 is 1.38 bits per heavy atom. The van der Waals surface area contributed by atoms with E-state index in [1.807, 2.05) is 0 Å². The molecule has 0 saturated heterocycles. The summed E-state index contributed by atoms with van der Waals surface area (Å²) < 4.78 is 0. The van der Waals surface area contributed by atoms with E-state index in [-0.39, 0.29) is 38.2 Å². The molecule has 346 valence electrons. The minimum absolute atomic E-state index is 0.0736. The van der Waals surface area contributed by atoms with E-state index in [9.17, 15) is 63.3 Å². The van der Waals surface area contributed by atoms with Crippen LogP contribution in [0.2, 0.25) is 0 Å². The van der Waals surface area contributed by atoms with Crippen LogP contribution in [-0.4, -0.2) is 135 Å². The lowest BCUT2D eigenvalue weighted by Crippen LogP contribution is -2.61. The molecule has 0 aliphatic heterocycles. The molecule has 0 fully saturated rings. The van der Waals surface area contributed by atoms with E-state index in [2.05, 4.69) is 36.9 Å². The van der Waals surface area contributed by atoms with Crippen molar-refractivity contribution in [3.05, 3.63) is 0 Å². The number of hydrogen-bond acceptors (Lipinski definition) is 12. The number of hydrogen-bond donors (Lipinski definition) is 13. The van der Waals surface area contributed by atoms with Gasteiger partial charge in [0.25, 0.3) is 0 Å². The number of carboxylic acid groups (broad SMARTS) is 4. The zero-order chi connectivity index (χ0) is 47.1. The van der Waals surface area contributed by atoms with Crippen LogP contribution >= 0.6 is 0 Å². The van der Waals surface area contributed by atoms with Crippen molar-refractivity contribution in [2.75, 3.05) is 6.54 Å². The molecule has 61 heavy (non-hydrogen) atoms. The molecule has 0 aliphatic rings. The lowest BCUT2D eigenvalue weighted by atomic mass is 9.95. The molecule has 24 heteroatoms. The van der Waals surface area contributed by atoms with Gasteiger partial charge >= 0.3 is 23.9 Å². The first-order chi connectivity index (χ1) is 28.4. The van der Waals surface area contributed by atoms with Gasteiger partial charge in [-0.05, 0) is 43.4 Å². The van der Waals surface area contributed by atoms with Crippen molar-refractivity contribution in [3.63, 3.8) is 0 Å². The average Bonchev–Trinajstić information content (AvgIpc) is 3.17. The summed E-state index contributed by atoms with van der Waals surface area (Å²) in [5.74, 6) is -13.5. The first-order valence-electron chi connectivity index (χ1n) is 19.9. The van der Waals surface area contributed by atoms with Gasteiger partial charge in [0.2, 0.25) is 35.4 Å². The second-order valence-corrected chi connectivity index (χ2v) is 15.0. The molecule has 0 radical (unpaired) electrons. The Labute approximate surface area is 353 Å². The monoisotopic (exact) mass is 872 g/mol. The van der Waals surface area contributed by atoms with Crippen LogP contribution in [-0.2, 0) is 47.9 Å². The van der Waals surface area contributed by atoms with Gasteiger partial charge in [0.1, 0.15) is 36.3 Å². The number of nitrogens with zero attached hydrogens (tertiary/aromatic N) is 1. The SMILES string of the molecule is CC[C@H](C)[C@H](NC(=O)[C@H](CCC(=O)O)NC(=O)[C@@H](NC(=O)[C@H](CC(=O)O)NC(=O)[C@@H](NC(=O)[C@@H](N)CCC(=O)O)C(C)C)[C@@H](C)CC)C(=O)N[C@@H](CCCN=C(N)N)C(=O)O. The van der Waals surface area contributed by atoms with E-state index >= 15 is 0 Å². The maximum Gasteiger partial charge on any atom is 0.326 e. The molecule has 0 bridgehead atoms. The predicted octanol–water partition coefficient (Wildman–Crippen LogP) is -2.69. The molecule has 0 heterocycles. The lowest BCUT2D eigenvalue weighted by Gasteiger charge is -2.30. The van der Waals surface area contributed by atoms with Gasteiger partial charge in [-0.3, -0.25) is 48.1 Å². The van der Waals surface area contributed by atoms with Crippen molar-refractivity contribution in [1.82, 2.24) is 31.9 Å². The minimum Gasteiger partial charge on any atom is -0.481 e. The molecule has 24 nitrogen and oxygen atoms in total. The third kappa shape index (κ3) is 21.1. The van der Waals surface area contributed by atoms with Crippen LogP contribution in [0.1, 0.15) is 99.3 Å². The van der Waals surface area contributed by atoms with Crippen LogP contribution in [0.25, 0.3) is 0 Å². The summed E-state index contributed by atoms with van der Waals surface area (Å²) in [6.07, 6.45) is -2.14. The maximum absolute atomic E-state index is 13.9. The molecule has 0 spiro atoms. The van der Waals surface area contributed by atoms with Gasteiger partial charge in [-0.25, -0.2) is 4.79 Å². The molecule has 0 rings (SSSR count). The Hall–Kier alpha value is -6.07. The summed E-state index contributed by atoms with van der Waals surface area (Å²) in [5, 5.41) is 52.0. The van der Waals surface area contributed by atoms with Gasteiger partial charge in [0.05, 0.1) is 12.5 Å². The summed E-state index contributed by atoms with van der Waals surface area (Å²) in [6, 6.07) is -10.3. The van der Waals surface area contributed by atoms with Crippen LogP contribution < -0.4 is 49.1 Å². The van der Waals surface area contributed by atoms with Crippen LogP contribution in [0, 0.1) is 17.8 Å². The number of amides is 6. The van der Waals surface area contributed by atoms with Crippen molar-refractivity contribution in [2.45, 2.75) is 142 Å². The fourth-order valence-electron chi connectivity index (χ4n) is 5.58. The molecule has 9 atom stereocenters. The quantitative estimate of drug-likeness (QED) is 0.0199. The second-order valence-electron chi connectivity index (χ2n) is 15.0. The second kappa shape index (κ2) is 27.6. The zero-order valence-electron chi connectivity index (χ0n) is 35.4. The number of carboxylic acids is 4. The van der Waals surface area contributed by atoms with Gasteiger partial charge in [0.15, 0.2) is 5.96 Å². The number of guanidine groups is 1. The molecule has 0 unspecified atom stereocenters. The molecule has 6 amide bonds. The first-order valence-corrected chi connectivity index (χ1v) is 19.9. The van der Waals surface area contributed by atoms with E-state index in [0.717, 1.165) is 0 Å². The largest absolute Gasteiger partial charge is 0.481 e. The number of carbonyl (C=O) groups excluding carboxylic acids is 6. The van der Waals surface area contributed by atoms with Crippen molar-refractivity contribution < 1.29 is 68.4 Å². The van der Waals surface area contributed by atoms with E-state index in [4.69, 9.17) is 22.3 Å². The van der Waals surface area contributed by atoms with Crippen LogP contribution in [0.5, 0.6) is 0 Å². The first kappa shape index (κ1) is 54.9. The summed E-state index contributed by atoms with van der Waals surface area (Å²) in [5.41, 5.74) is 16.4. The molecular weight excluding hydrogens is 808 g/mol. The Balaban J connectivity index is 6.42. The number of aliphatic imine (C=N–C) groups is 1. The maximum atomic E-state index is 13.9. The van der Waals surface area contributed by atoms with Gasteiger partial charge in [-0.15, -0.1) is 0 Å². The third-order valence-electron chi connectivity index (χ3n) is 9.69. The Morgan fingerprint density at radius 1 is 0.525 bits per heavy atom. The molecule has 16 N–H and O–H groups in total. The molecule has 0 saturated carbocycles. The zero-order valence-corrected chi connectivity index (χ0v) is 35.4. The van der Waals surface area contributed by atoms with Crippen LogP contribution in [0.3, 0.4) is 0 Å². The molecular formula is C37H64N10O14. The van der Waals surface area contributed by atoms with Gasteiger partial charge < -0.3 is 69.5 Å². The Morgan fingerprint density at radius 2 is 0.951 bits per heavy atom. The molecule has 0 aromatic carbocycles. The average molecular weight is 873 g/mol. The standard InChI is InChI=1S/C37H64N10O14/c1-7-18(5)28(47-32(56)23(16-26(52)53)44-33(57)27(17(3)4)45-30(54)20(38)11-13-24(48)49)34(58)42-21(12-14-25(50)51)31(55)46-29(19(6)8-2)35(59)43-22(36(60)61)10-9-15-41-37(39)40/h17-23,27-29H,7-16,38H2,1-6H3,(H,42,58)(H,43,59)(H,44,57)(H,45,54)(H,46,55)(H,47,56)(H,48,49)(H,50,51)(H,52,53)(H,60,61)(H4,39,40,41)/t18-,19-,20-,21-,22-,23-,27-,28-,29-/m0/s1. The highest BCUT2D eigenvalue weighted by molar-refractivity contribution is 5.98. The fourth-order valence-corrected chi connectivity index (χ4v) is 5.58. The topological polar surface area (TPSA) is 414 Å². The van der Waals surface area contributed by atoms with Crippen molar-refractivity contribution in [3.8, 4) is 0 Å². The molecule has 0 aromatic rings. The number of carbonyl (C=O) groups is 10. The van der Waals surface area contributed by atoms with Gasteiger partial charge in [0, 0.05) is 19.4 Å². The van der Waals surface area contributed by atoms with Crippen LogP contribution in [0.4, 0.5) is 0 Å². The molecule has 0 aliphatic carbocycles. The smallest absolute Gasteiger partial charge is 0.326 e. The number of aliphatic carboxylic acids is 4. The highest BCUT2D eigenvalue weighted by atomic mass is 16.4. The predicted molar refractivity (Wildman–Crippen MR) is 217 cm³/mol. The van der Waals surface area contributed by atoms with Crippen molar-refractivity contribution >= 4 is 65.3 Å². The van der Waals surface area contributed by atoms with E-state index in [1.54, 1.807) is 27.7 Å². The minimum atomic E-state index is -1.81. The van der Waals surface area contributed by atoms with Gasteiger partial charge in [-0.1, -0.05) is 54.4 Å². The van der Waals surface area contributed by atoms with E-state index in [0.29, 0.717) is 6.42 Å². The molecule has 0 aromatic heterocycles. The van der Waals surface area contributed by atoms with Crippen LogP contribution in [0.15, 0.2) is 4.99 Å². The van der Waals surface area contributed by atoms with E-state index < -0.39 is 145 Å². The summed E-state index contributed by atoms with van der Waals surface area (Å²) in [4.78, 5) is 131. The Kier molecular flexibility index (Phi) is 24.9. The number of nitrogens with one attached hydrogen (secondary N) is 6. The summed E-state index contributed by atoms with van der Waals surface area (Å²) in [7, 11) is 0. The number of nitrogens with two attached hydrogens (primary N) is 3.